The summed E-state index contributed by atoms with van der Waals surface area (Å²) < 4.78 is 7.35. The second-order valence-electron chi connectivity index (χ2n) is 7.56. The molecule has 1 aliphatic heterocycles. The monoisotopic (exact) mass is 411 g/mol. The molecule has 0 bridgehead atoms. The molecular weight excluding hydrogens is 382 g/mol. The van der Waals surface area contributed by atoms with E-state index in [1.54, 1.807) is 11.8 Å². The van der Waals surface area contributed by atoms with E-state index in [0.29, 0.717) is 0 Å². The van der Waals surface area contributed by atoms with E-state index in [-0.39, 0.29) is 5.69 Å². The normalized spacial score (nSPS) is 17.1. The predicted octanol–water partition coefficient (Wildman–Crippen LogP) is 3.26. The summed E-state index contributed by atoms with van der Waals surface area (Å²) in [7, 11) is 0. The maximum Gasteiger partial charge on any atom is 0.348 e. The number of rotatable bonds is 8. The smallest absolute Gasteiger partial charge is 0.348 e. The van der Waals surface area contributed by atoms with Crippen molar-refractivity contribution in [3.63, 3.8) is 0 Å². The van der Waals surface area contributed by atoms with Gasteiger partial charge in [0.15, 0.2) is 0 Å². The van der Waals surface area contributed by atoms with E-state index < -0.39 is 0 Å². The standard InChI is InChI=1S/C23H29N3O2S/c27-23-24-22(29-18-5-9-19-7-2-1-3-8-19)20-10-4-11-21(20)26(23)13-6-12-25-14-16-28-17-15-25/h1-3,5,7-9H,4,6,10-18H2/b9-5+. The number of morpholine rings is 1. The van der Waals surface area contributed by atoms with Crippen molar-refractivity contribution in [2.24, 2.45) is 0 Å². The molecule has 4 rings (SSSR count). The molecule has 1 aromatic heterocycles. The highest BCUT2D eigenvalue weighted by atomic mass is 32.2. The molecule has 5 nitrogen and oxygen atoms in total. The summed E-state index contributed by atoms with van der Waals surface area (Å²) in [6, 6.07) is 10.3. The number of fused-ring (bicyclic) bond motifs is 1. The van der Waals surface area contributed by atoms with Crippen LogP contribution in [0.25, 0.3) is 6.08 Å². The average Bonchev–Trinajstić information content (AvgIpc) is 3.24. The molecule has 1 saturated heterocycles. The van der Waals surface area contributed by atoms with E-state index in [4.69, 9.17) is 4.74 Å². The lowest BCUT2D eigenvalue weighted by molar-refractivity contribution is 0.0368. The Balaban J connectivity index is 1.38. The van der Waals surface area contributed by atoms with E-state index in [1.807, 2.05) is 22.8 Å². The van der Waals surface area contributed by atoms with Crippen LogP contribution >= 0.6 is 11.8 Å². The van der Waals surface area contributed by atoms with E-state index in [0.717, 1.165) is 75.9 Å². The summed E-state index contributed by atoms with van der Waals surface area (Å²) in [5.74, 6) is 0.828. The van der Waals surface area contributed by atoms with Gasteiger partial charge in [-0.25, -0.2) is 4.79 Å². The summed E-state index contributed by atoms with van der Waals surface area (Å²) in [6.07, 6.45) is 8.42. The van der Waals surface area contributed by atoms with E-state index in [9.17, 15) is 4.79 Å². The molecule has 0 unspecified atom stereocenters. The van der Waals surface area contributed by atoms with Crippen molar-refractivity contribution in [1.29, 1.82) is 0 Å². The van der Waals surface area contributed by atoms with Gasteiger partial charge >= 0.3 is 5.69 Å². The average molecular weight is 412 g/mol. The molecule has 154 valence electrons. The van der Waals surface area contributed by atoms with E-state index in [2.05, 4.69) is 34.2 Å². The third-order valence-electron chi connectivity index (χ3n) is 5.59. The fraction of sp³-hybridized carbons (Fsp3) is 0.478. The lowest BCUT2D eigenvalue weighted by atomic mass is 10.2. The van der Waals surface area contributed by atoms with Crippen LogP contribution in [0.4, 0.5) is 0 Å². The van der Waals surface area contributed by atoms with Gasteiger partial charge in [-0.1, -0.05) is 42.5 Å². The lowest BCUT2D eigenvalue weighted by Crippen LogP contribution is -2.37. The molecule has 2 aromatic rings. The van der Waals surface area contributed by atoms with Crippen LogP contribution in [-0.2, 0) is 24.1 Å². The highest BCUT2D eigenvalue weighted by molar-refractivity contribution is 7.99. The molecule has 1 aromatic carbocycles. The van der Waals surface area contributed by atoms with Gasteiger partial charge in [0, 0.05) is 43.2 Å². The molecule has 6 heteroatoms. The maximum atomic E-state index is 12.7. The van der Waals surface area contributed by atoms with Crippen molar-refractivity contribution in [2.75, 3.05) is 38.6 Å². The Labute approximate surface area is 176 Å². The zero-order chi connectivity index (χ0) is 19.9. The summed E-state index contributed by atoms with van der Waals surface area (Å²) in [5, 5.41) is 0.935. The Hall–Kier alpha value is -1.89. The van der Waals surface area contributed by atoms with Crippen molar-refractivity contribution in [1.82, 2.24) is 14.5 Å². The van der Waals surface area contributed by atoms with Crippen LogP contribution in [0.5, 0.6) is 0 Å². The number of thioether (sulfide) groups is 1. The van der Waals surface area contributed by atoms with Gasteiger partial charge in [-0.15, -0.1) is 11.8 Å². The number of hydrogen-bond donors (Lipinski definition) is 0. The van der Waals surface area contributed by atoms with Crippen LogP contribution in [-0.4, -0.2) is 53.1 Å². The largest absolute Gasteiger partial charge is 0.379 e. The van der Waals surface area contributed by atoms with Crippen LogP contribution < -0.4 is 5.69 Å². The molecule has 0 spiro atoms. The van der Waals surface area contributed by atoms with Crippen molar-refractivity contribution in [2.45, 2.75) is 37.3 Å². The maximum absolute atomic E-state index is 12.7. The first kappa shape index (κ1) is 20.4. The number of ether oxygens (including phenoxy) is 1. The second-order valence-corrected chi connectivity index (χ2v) is 8.57. The van der Waals surface area contributed by atoms with E-state index >= 15 is 0 Å². The minimum Gasteiger partial charge on any atom is -0.379 e. The lowest BCUT2D eigenvalue weighted by Gasteiger charge is -2.26. The first-order chi connectivity index (χ1) is 14.3. The molecule has 1 aliphatic carbocycles. The topological polar surface area (TPSA) is 47.4 Å². The van der Waals surface area contributed by atoms with Crippen molar-refractivity contribution in [3.8, 4) is 0 Å². The predicted molar refractivity (Wildman–Crippen MR) is 119 cm³/mol. The highest BCUT2D eigenvalue weighted by Crippen LogP contribution is 2.29. The fourth-order valence-corrected chi connectivity index (χ4v) is 4.98. The SMILES string of the molecule is O=c1nc(SC/C=C/c2ccccc2)c2c(n1CCCN1CCOCC1)CCC2. The zero-order valence-electron chi connectivity index (χ0n) is 16.9. The molecule has 0 saturated carbocycles. The van der Waals surface area contributed by atoms with Crippen LogP contribution in [0, 0.1) is 0 Å². The molecule has 0 N–H and O–H groups in total. The van der Waals surface area contributed by atoms with Gasteiger partial charge in [-0.3, -0.25) is 9.47 Å². The minimum atomic E-state index is -0.0813. The van der Waals surface area contributed by atoms with Crippen molar-refractivity contribution in [3.05, 3.63) is 63.7 Å². The Morgan fingerprint density at radius 2 is 1.93 bits per heavy atom. The molecule has 2 heterocycles. The van der Waals surface area contributed by atoms with Gasteiger partial charge in [0.2, 0.25) is 0 Å². The Kier molecular flexibility index (Phi) is 7.19. The van der Waals surface area contributed by atoms with Crippen LogP contribution in [0.15, 0.2) is 46.2 Å². The number of benzene rings is 1. The van der Waals surface area contributed by atoms with Crippen LogP contribution in [0.2, 0.25) is 0 Å². The first-order valence-electron chi connectivity index (χ1n) is 10.6. The van der Waals surface area contributed by atoms with Crippen molar-refractivity contribution < 1.29 is 4.74 Å². The van der Waals surface area contributed by atoms with Gasteiger partial charge in [0.1, 0.15) is 5.03 Å². The number of nitrogens with zero attached hydrogens (tertiary/aromatic N) is 3. The fourth-order valence-electron chi connectivity index (χ4n) is 4.09. The Morgan fingerprint density at radius 1 is 1.10 bits per heavy atom. The van der Waals surface area contributed by atoms with Gasteiger partial charge in [-0.2, -0.15) is 4.98 Å². The molecule has 1 fully saturated rings. The number of aromatic nitrogens is 2. The minimum absolute atomic E-state index is 0.0813. The van der Waals surface area contributed by atoms with Crippen LogP contribution in [0.3, 0.4) is 0 Å². The molecule has 2 aliphatic rings. The van der Waals surface area contributed by atoms with E-state index in [1.165, 1.54) is 16.8 Å². The summed E-state index contributed by atoms with van der Waals surface area (Å²) >= 11 is 1.68. The summed E-state index contributed by atoms with van der Waals surface area (Å²) in [6.45, 7) is 5.42. The Bertz CT molecular complexity index is 889. The van der Waals surface area contributed by atoms with Gasteiger partial charge in [-0.05, 0) is 31.2 Å². The summed E-state index contributed by atoms with van der Waals surface area (Å²) in [4.78, 5) is 19.6. The quantitative estimate of drug-likeness (QED) is 0.493. The summed E-state index contributed by atoms with van der Waals surface area (Å²) in [5.41, 5.74) is 3.64. The van der Waals surface area contributed by atoms with Gasteiger partial charge < -0.3 is 4.74 Å². The molecule has 0 amide bonds. The molecule has 0 radical (unpaired) electrons. The second kappa shape index (κ2) is 10.2. The van der Waals surface area contributed by atoms with Crippen LogP contribution in [0.1, 0.15) is 29.7 Å². The van der Waals surface area contributed by atoms with Gasteiger partial charge in [0.25, 0.3) is 0 Å². The molecular formula is C23H29N3O2S. The van der Waals surface area contributed by atoms with Gasteiger partial charge in [0.05, 0.1) is 13.2 Å². The number of hydrogen-bond acceptors (Lipinski definition) is 5. The highest BCUT2D eigenvalue weighted by Gasteiger charge is 2.21. The third-order valence-corrected chi connectivity index (χ3v) is 6.56. The third kappa shape index (κ3) is 5.38. The molecule has 0 atom stereocenters. The Morgan fingerprint density at radius 3 is 2.76 bits per heavy atom. The van der Waals surface area contributed by atoms with Crippen molar-refractivity contribution >= 4 is 17.8 Å². The zero-order valence-corrected chi connectivity index (χ0v) is 17.7. The molecule has 29 heavy (non-hydrogen) atoms. The first-order valence-corrected chi connectivity index (χ1v) is 11.6.